The lowest BCUT2D eigenvalue weighted by molar-refractivity contribution is -0.694. The molecule has 3 rings (SSSR count). The number of carbonyl (C=O) groups is 1. The number of carbonyl (C=O) groups excluding carboxylic acids is 1. The Balaban J connectivity index is 1.76. The maximum absolute atomic E-state index is 12.5. The largest absolute Gasteiger partial charge is 0.385 e. The summed E-state index contributed by atoms with van der Waals surface area (Å²) < 4.78 is 1.88. The molecular formula is C18H18N3OS+. The van der Waals surface area contributed by atoms with Crippen molar-refractivity contribution in [3.63, 3.8) is 0 Å². The van der Waals surface area contributed by atoms with E-state index >= 15 is 0 Å². The minimum atomic E-state index is 0.124. The highest BCUT2D eigenvalue weighted by molar-refractivity contribution is 7.99. The molecule has 2 aromatic carbocycles. The van der Waals surface area contributed by atoms with E-state index in [1.807, 2.05) is 67.1 Å². The zero-order valence-corrected chi connectivity index (χ0v) is 13.9. The van der Waals surface area contributed by atoms with Gasteiger partial charge in [-0.2, -0.15) is 5.10 Å². The average Bonchev–Trinajstić information content (AvgIpc) is 3.04. The molecule has 116 valence electrons. The van der Waals surface area contributed by atoms with Crippen LogP contribution in [0.15, 0.2) is 60.0 Å². The summed E-state index contributed by atoms with van der Waals surface area (Å²) in [7, 11) is 0. The van der Waals surface area contributed by atoms with E-state index in [4.69, 9.17) is 0 Å². The van der Waals surface area contributed by atoms with Gasteiger partial charge in [-0.25, -0.2) is 0 Å². The molecule has 0 unspecified atom stereocenters. The first-order valence-corrected chi connectivity index (χ1v) is 8.38. The predicted molar refractivity (Wildman–Crippen MR) is 91.1 cm³/mol. The van der Waals surface area contributed by atoms with Gasteiger partial charge in [0.2, 0.25) is 6.33 Å². The Morgan fingerprint density at radius 3 is 2.74 bits per heavy atom. The van der Waals surface area contributed by atoms with Crippen molar-refractivity contribution in [2.75, 3.05) is 5.75 Å². The lowest BCUT2D eigenvalue weighted by Gasteiger charge is -2.05. The van der Waals surface area contributed by atoms with Crippen molar-refractivity contribution in [1.82, 2.24) is 10.1 Å². The molecule has 0 atom stereocenters. The number of para-hydroxylation sites is 1. The van der Waals surface area contributed by atoms with Crippen molar-refractivity contribution in [1.29, 1.82) is 0 Å². The zero-order valence-electron chi connectivity index (χ0n) is 13.1. The van der Waals surface area contributed by atoms with E-state index in [1.54, 1.807) is 6.33 Å². The summed E-state index contributed by atoms with van der Waals surface area (Å²) in [5.74, 6) is 0.487. The van der Waals surface area contributed by atoms with Crippen molar-refractivity contribution in [2.24, 2.45) is 0 Å². The van der Waals surface area contributed by atoms with Gasteiger partial charge in [0, 0.05) is 5.56 Å². The molecule has 0 amide bonds. The maximum Gasteiger partial charge on any atom is 0.385 e. The second-order valence-electron chi connectivity index (χ2n) is 5.37. The van der Waals surface area contributed by atoms with Crippen LogP contribution in [0, 0.1) is 13.8 Å². The minimum Gasteiger partial charge on any atom is -0.293 e. The molecule has 5 heteroatoms. The summed E-state index contributed by atoms with van der Waals surface area (Å²) >= 11 is 1.44. The maximum atomic E-state index is 12.5. The number of aromatic amines is 1. The van der Waals surface area contributed by atoms with E-state index in [0.717, 1.165) is 27.5 Å². The molecule has 4 nitrogen and oxygen atoms in total. The quantitative estimate of drug-likeness (QED) is 0.445. The summed E-state index contributed by atoms with van der Waals surface area (Å²) in [4.78, 5) is 16.8. The fraction of sp³-hybridized carbons (Fsp3) is 0.167. The molecule has 1 N–H and O–H groups in total. The van der Waals surface area contributed by atoms with Crippen LogP contribution < -0.4 is 4.68 Å². The molecule has 0 saturated heterocycles. The van der Waals surface area contributed by atoms with Crippen molar-refractivity contribution in [3.8, 4) is 5.69 Å². The number of hydrogen-bond acceptors (Lipinski definition) is 3. The number of aromatic nitrogens is 3. The molecule has 0 aliphatic rings. The number of hydrogen-bond donors (Lipinski definition) is 1. The Kier molecular flexibility index (Phi) is 4.57. The van der Waals surface area contributed by atoms with Crippen LogP contribution in [0.3, 0.4) is 0 Å². The van der Waals surface area contributed by atoms with Crippen molar-refractivity contribution in [2.45, 2.75) is 19.0 Å². The molecule has 0 radical (unpaired) electrons. The van der Waals surface area contributed by atoms with E-state index in [1.165, 1.54) is 11.8 Å². The van der Waals surface area contributed by atoms with Gasteiger partial charge in [-0.15, -0.1) is 4.68 Å². The second-order valence-corrected chi connectivity index (χ2v) is 6.31. The van der Waals surface area contributed by atoms with Crippen LogP contribution in [0.25, 0.3) is 5.69 Å². The number of nitrogens with one attached hydrogen (secondary N) is 1. The highest BCUT2D eigenvalue weighted by Gasteiger charge is 2.19. The molecule has 0 fully saturated rings. The van der Waals surface area contributed by atoms with Crippen LogP contribution in [0.5, 0.6) is 0 Å². The zero-order chi connectivity index (χ0) is 16.2. The van der Waals surface area contributed by atoms with Gasteiger partial charge in [0.05, 0.1) is 5.75 Å². The molecule has 0 aliphatic carbocycles. The Morgan fingerprint density at radius 1 is 1.17 bits per heavy atom. The molecule has 1 heterocycles. The summed E-state index contributed by atoms with van der Waals surface area (Å²) in [6.07, 6.45) is 1.64. The van der Waals surface area contributed by atoms with Gasteiger partial charge >= 0.3 is 5.16 Å². The number of rotatable bonds is 5. The van der Waals surface area contributed by atoms with Gasteiger partial charge in [0.15, 0.2) is 11.5 Å². The van der Waals surface area contributed by atoms with Crippen molar-refractivity contribution < 1.29 is 9.48 Å². The summed E-state index contributed by atoms with van der Waals surface area (Å²) in [5, 5.41) is 3.85. The number of aryl methyl sites for hydroxylation is 2. The molecular weight excluding hydrogens is 306 g/mol. The van der Waals surface area contributed by atoms with Gasteiger partial charge in [-0.05, 0) is 54.4 Å². The van der Waals surface area contributed by atoms with Gasteiger partial charge in [0.1, 0.15) is 0 Å². The first-order chi connectivity index (χ1) is 11.1. The summed E-state index contributed by atoms with van der Waals surface area (Å²) in [6.45, 7) is 3.97. The molecule has 0 saturated carbocycles. The van der Waals surface area contributed by atoms with Gasteiger partial charge in [-0.1, -0.05) is 35.9 Å². The summed E-state index contributed by atoms with van der Waals surface area (Å²) in [6, 6.07) is 15.9. The Labute approximate surface area is 139 Å². The first-order valence-electron chi connectivity index (χ1n) is 7.39. The van der Waals surface area contributed by atoms with Crippen molar-refractivity contribution >= 4 is 17.5 Å². The monoisotopic (exact) mass is 324 g/mol. The smallest absolute Gasteiger partial charge is 0.293 e. The molecule has 1 aromatic heterocycles. The average molecular weight is 324 g/mol. The molecule has 23 heavy (non-hydrogen) atoms. The number of nitrogens with zero attached hydrogens (tertiary/aromatic N) is 2. The van der Waals surface area contributed by atoms with Crippen LogP contribution in [0.1, 0.15) is 21.5 Å². The fourth-order valence-electron chi connectivity index (χ4n) is 2.36. The molecule has 0 spiro atoms. The minimum absolute atomic E-state index is 0.124. The third-order valence-corrected chi connectivity index (χ3v) is 4.55. The Bertz CT molecular complexity index is 827. The SMILES string of the molecule is Cc1ccc(C)c(C(=O)CSc2nc[nH][n+]2-c2ccccc2)c1. The number of thioether (sulfide) groups is 1. The van der Waals surface area contributed by atoms with Crippen LogP contribution in [-0.4, -0.2) is 21.6 Å². The fourth-order valence-corrected chi connectivity index (χ4v) is 3.19. The topological polar surface area (TPSA) is 49.6 Å². The van der Waals surface area contributed by atoms with Crippen LogP contribution in [0.4, 0.5) is 0 Å². The molecule has 0 bridgehead atoms. The number of benzene rings is 2. The second kappa shape index (κ2) is 6.79. The van der Waals surface area contributed by atoms with Gasteiger partial charge in [-0.3, -0.25) is 4.79 Å². The lowest BCUT2D eigenvalue weighted by atomic mass is 10.0. The highest BCUT2D eigenvalue weighted by Crippen LogP contribution is 2.17. The van der Waals surface area contributed by atoms with Gasteiger partial charge in [0.25, 0.3) is 0 Å². The predicted octanol–water partition coefficient (Wildman–Crippen LogP) is 3.28. The van der Waals surface area contributed by atoms with Crippen molar-refractivity contribution in [3.05, 3.63) is 71.5 Å². The van der Waals surface area contributed by atoms with E-state index in [0.29, 0.717) is 5.75 Å². The van der Waals surface area contributed by atoms with E-state index < -0.39 is 0 Å². The first kappa shape index (κ1) is 15.5. The Hall–Kier alpha value is -2.40. The third kappa shape index (κ3) is 3.51. The van der Waals surface area contributed by atoms with Crippen LogP contribution in [0.2, 0.25) is 0 Å². The van der Waals surface area contributed by atoms with Crippen LogP contribution >= 0.6 is 11.8 Å². The lowest BCUT2D eigenvalue weighted by Crippen LogP contribution is -2.34. The molecule has 3 aromatic rings. The van der Waals surface area contributed by atoms with E-state index in [9.17, 15) is 4.79 Å². The number of ketones is 1. The number of Topliss-reactive ketones (excluding diaryl/α,β-unsaturated/α-hetero) is 1. The standard InChI is InChI=1S/C18H17N3OS/c1-13-8-9-14(2)16(10-13)17(22)11-23-18-19-12-20-21(18)15-6-4-3-5-7-15/h3-10,12H,11H2,1-2H3/p+1. The van der Waals surface area contributed by atoms with Gasteiger partial charge < -0.3 is 0 Å². The third-order valence-electron chi connectivity index (χ3n) is 3.59. The Morgan fingerprint density at radius 2 is 1.96 bits per heavy atom. The molecule has 0 aliphatic heterocycles. The van der Waals surface area contributed by atoms with E-state index in [2.05, 4.69) is 10.1 Å². The summed E-state index contributed by atoms with van der Waals surface area (Å²) in [5.41, 5.74) is 3.90. The van der Waals surface area contributed by atoms with E-state index in [-0.39, 0.29) is 5.78 Å². The number of H-pyrrole nitrogens is 1. The normalized spacial score (nSPS) is 10.7. The van der Waals surface area contributed by atoms with Crippen LogP contribution in [-0.2, 0) is 0 Å². The highest BCUT2D eigenvalue weighted by atomic mass is 32.2.